The van der Waals surface area contributed by atoms with E-state index in [9.17, 15) is 19.5 Å². The van der Waals surface area contributed by atoms with E-state index < -0.39 is 24.1 Å². The van der Waals surface area contributed by atoms with E-state index >= 15 is 0 Å². The fourth-order valence-electron chi connectivity index (χ4n) is 4.35. The summed E-state index contributed by atoms with van der Waals surface area (Å²) in [5, 5.41) is 13.0. The summed E-state index contributed by atoms with van der Waals surface area (Å²) in [7, 11) is 0. The Bertz CT molecular complexity index is 1410. The maximum atomic E-state index is 14.2. The van der Waals surface area contributed by atoms with Gasteiger partial charge in [0.05, 0.1) is 36.1 Å². The minimum atomic E-state index is -1.18. The van der Waals surface area contributed by atoms with Crippen molar-refractivity contribution in [2.75, 3.05) is 17.2 Å². The van der Waals surface area contributed by atoms with Gasteiger partial charge in [0.25, 0.3) is 5.91 Å². The number of fused-ring (bicyclic) bond motifs is 1. The molecule has 1 aliphatic heterocycles. The van der Waals surface area contributed by atoms with Crippen LogP contribution in [0, 0.1) is 6.92 Å². The first-order chi connectivity index (χ1) is 18.2. The SMILES string of the molecule is Cc1cccc(CC(=O)O)c1N1C(=O)C(NCC(=O)C(N)CS)N=C(c2ccccc2)c2cc(Cl)ccc21. The number of amides is 1. The molecular weight excluding hydrogens is 524 g/mol. The minimum Gasteiger partial charge on any atom is -0.481 e. The topological polar surface area (TPSA) is 125 Å². The number of nitrogens with two attached hydrogens (primary N) is 1. The molecule has 0 fully saturated rings. The average molecular weight is 551 g/mol. The Labute approximate surface area is 230 Å². The number of nitrogens with one attached hydrogen (secondary N) is 1. The summed E-state index contributed by atoms with van der Waals surface area (Å²) >= 11 is 10.5. The van der Waals surface area contributed by atoms with Gasteiger partial charge >= 0.3 is 5.97 Å². The standard InChI is InChI=1S/C28H27ClN4O4S/c1-16-6-5-9-18(12-24(35)36)26(16)33-22-11-10-19(29)13-20(22)25(17-7-3-2-4-8-17)32-27(28(33)37)31-14-23(34)21(30)15-38/h2-11,13,21,27,31,38H,12,14-15,30H2,1H3,(H,35,36). The van der Waals surface area contributed by atoms with Gasteiger partial charge in [0.2, 0.25) is 0 Å². The lowest BCUT2D eigenvalue weighted by Crippen LogP contribution is -2.48. The van der Waals surface area contributed by atoms with Crippen molar-refractivity contribution in [2.24, 2.45) is 10.7 Å². The molecule has 0 saturated heterocycles. The molecule has 3 aromatic carbocycles. The van der Waals surface area contributed by atoms with Crippen LogP contribution in [0.1, 0.15) is 22.3 Å². The van der Waals surface area contributed by atoms with Crippen LogP contribution in [0.3, 0.4) is 0 Å². The molecule has 38 heavy (non-hydrogen) atoms. The maximum Gasteiger partial charge on any atom is 0.307 e. The lowest BCUT2D eigenvalue weighted by atomic mass is 9.98. The number of rotatable bonds is 9. The molecule has 1 heterocycles. The first-order valence-corrected chi connectivity index (χ1v) is 12.9. The van der Waals surface area contributed by atoms with Crippen molar-refractivity contribution < 1.29 is 19.5 Å². The van der Waals surface area contributed by atoms with Gasteiger partial charge in [-0.15, -0.1) is 0 Å². The van der Waals surface area contributed by atoms with E-state index in [1.165, 1.54) is 4.90 Å². The van der Waals surface area contributed by atoms with E-state index in [1.807, 2.05) is 43.3 Å². The summed E-state index contributed by atoms with van der Waals surface area (Å²) in [4.78, 5) is 44.7. The summed E-state index contributed by atoms with van der Waals surface area (Å²) in [6.45, 7) is 1.61. The number of carboxylic acid groups (broad SMARTS) is 1. The summed E-state index contributed by atoms with van der Waals surface area (Å²) in [5.41, 5.74) is 9.76. The number of benzene rings is 3. The van der Waals surface area contributed by atoms with E-state index in [0.717, 1.165) is 5.56 Å². The number of carbonyl (C=O) groups is 3. The van der Waals surface area contributed by atoms with Gasteiger partial charge in [0.1, 0.15) is 0 Å². The van der Waals surface area contributed by atoms with E-state index in [-0.39, 0.29) is 24.5 Å². The molecule has 1 amide bonds. The largest absolute Gasteiger partial charge is 0.481 e. The van der Waals surface area contributed by atoms with Crippen LogP contribution in [0.15, 0.2) is 71.7 Å². The van der Waals surface area contributed by atoms with Crippen LogP contribution in [0.25, 0.3) is 0 Å². The van der Waals surface area contributed by atoms with Crippen LogP contribution in [-0.4, -0.2) is 53.0 Å². The third-order valence-corrected chi connectivity index (χ3v) is 6.81. The minimum absolute atomic E-state index is 0.162. The number of hydrogen-bond acceptors (Lipinski definition) is 7. The molecule has 0 aromatic heterocycles. The predicted molar refractivity (Wildman–Crippen MR) is 152 cm³/mol. The van der Waals surface area contributed by atoms with Crippen LogP contribution in [0.4, 0.5) is 11.4 Å². The number of nitrogens with zero attached hydrogens (tertiary/aromatic N) is 2. The summed E-state index contributed by atoms with van der Waals surface area (Å²) in [6, 6.07) is 18.9. The molecule has 8 nitrogen and oxygen atoms in total. The second-order valence-corrected chi connectivity index (χ2v) is 9.67. The molecule has 0 radical (unpaired) electrons. The molecule has 10 heteroatoms. The van der Waals surface area contributed by atoms with Crippen molar-refractivity contribution in [2.45, 2.75) is 25.6 Å². The second kappa shape index (κ2) is 11.9. The normalized spacial score (nSPS) is 15.9. The number of aliphatic imine (C=N–C) groups is 1. The van der Waals surface area contributed by atoms with Gasteiger partial charge in [-0.25, -0.2) is 0 Å². The zero-order valence-electron chi connectivity index (χ0n) is 20.6. The molecule has 4 N–H and O–H groups in total. The second-order valence-electron chi connectivity index (χ2n) is 8.87. The van der Waals surface area contributed by atoms with Crippen molar-refractivity contribution in [1.82, 2.24) is 5.32 Å². The van der Waals surface area contributed by atoms with E-state index in [2.05, 4.69) is 17.9 Å². The number of aliphatic carboxylic acids is 1. The highest BCUT2D eigenvalue weighted by Gasteiger charge is 2.35. The average Bonchev–Trinajstić information content (AvgIpc) is 3.01. The number of benzodiazepines with no additional fused rings is 1. The van der Waals surface area contributed by atoms with Gasteiger partial charge in [-0.05, 0) is 36.2 Å². The van der Waals surface area contributed by atoms with E-state index in [1.54, 1.807) is 30.3 Å². The van der Waals surface area contributed by atoms with Crippen LogP contribution >= 0.6 is 24.2 Å². The van der Waals surface area contributed by atoms with Crippen LogP contribution < -0.4 is 16.0 Å². The Morgan fingerprint density at radius 3 is 2.58 bits per heavy atom. The highest BCUT2D eigenvalue weighted by Crippen LogP contribution is 2.39. The molecule has 0 bridgehead atoms. The number of aryl methyl sites for hydroxylation is 1. The van der Waals surface area contributed by atoms with Crippen LogP contribution in [-0.2, 0) is 20.8 Å². The molecule has 0 aliphatic carbocycles. The first-order valence-electron chi connectivity index (χ1n) is 11.9. The quantitative estimate of drug-likeness (QED) is 0.302. The molecule has 196 valence electrons. The van der Waals surface area contributed by atoms with Gasteiger partial charge in [-0.2, -0.15) is 12.6 Å². The van der Waals surface area contributed by atoms with Gasteiger partial charge in [-0.1, -0.05) is 60.1 Å². The molecule has 4 rings (SSSR count). The van der Waals surface area contributed by atoms with Crippen LogP contribution in [0.2, 0.25) is 5.02 Å². The van der Waals surface area contributed by atoms with Crippen molar-refractivity contribution in [1.29, 1.82) is 0 Å². The Morgan fingerprint density at radius 1 is 1.16 bits per heavy atom. The molecule has 2 unspecified atom stereocenters. The summed E-state index contributed by atoms with van der Waals surface area (Å²) in [6.07, 6.45) is -1.46. The fraction of sp³-hybridized carbons (Fsp3) is 0.214. The number of halogens is 1. The molecule has 3 aromatic rings. The Morgan fingerprint density at radius 2 is 1.89 bits per heavy atom. The molecule has 0 spiro atoms. The molecule has 1 aliphatic rings. The highest BCUT2D eigenvalue weighted by atomic mass is 35.5. The zero-order chi connectivity index (χ0) is 27.4. The lowest BCUT2D eigenvalue weighted by molar-refractivity contribution is -0.136. The number of carboxylic acids is 1. The number of ketones is 1. The van der Waals surface area contributed by atoms with Crippen molar-refractivity contribution in [3.63, 3.8) is 0 Å². The first kappa shape index (κ1) is 27.5. The van der Waals surface area contributed by atoms with Gasteiger partial charge in [0, 0.05) is 21.9 Å². The third kappa shape index (κ3) is 5.81. The summed E-state index contributed by atoms with van der Waals surface area (Å²) < 4.78 is 0. The van der Waals surface area contributed by atoms with Gasteiger partial charge < -0.3 is 10.8 Å². The number of thiol groups is 1. The van der Waals surface area contributed by atoms with E-state index in [0.29, 0.717) is 38.8 Å². The number of Topliss-reactive ketones (excluding diaryl/α,β-unsaturated/α-hetero) is 1. The fourth-order valence-corrected chi connectivity index (χ4v) is 4.73. The van der Waals surface area contributed by atoms with Gasteiger partial charge in [-0.3, -0.25) is 29.6 Å². The number of para-hydroxylation sites is 1. The van der Waals surface area contributed by atoms with Crippen LogP contribution in [0.5, 0.6) is 0 Å². The number of carbonyl (C=O) groups excluding carboxylic acids is 2. The molecular formula is C28H27ClN4O4S. The maximum absolute atomic E-state index is 14.2. The van der Waals surface area contributed by atoms with Crippen molar-refractivity contribution in [3.05, 3.63) is 94.0 Å². The number of hydrogen-bond donors (Lipinski definition) is 4. The molecule has 0 saturated carbocycles. The Kier molecular flexibility index (Phi) is 8.63. The third-order valence-electron chi connectivity index (χ3n) is 6.18. The van der Waals surface area contributed by atoms with Gasteiger partial charge in [0.15, 0.2) is 11.9 Å². The molecule has 2 atom stereocenters. The van der Waals surface area contributed by atoms with Crippen molar-refractivity contribution >= 4 is 59.0 Å². The number of anilines is 2. The Balaban J connectivity index is 1.95. The monoisotopic (exact) mass is 550 g/mol. The van der Waals surface area contributed by atoms with E-state index in [4.69, 9.17) is 22.3 Å². The zero-order valence-corrected chi connectivity index (χ0v) is 22.2. The predicted octanol–water partition coefficient (Wildman–Crippen LogP) is 3.53. The smallest absolute Gasteiger partial charge is 0.307 e. The summed E-state index contributed by atoms with van der Waals surface area (Å²) in [5.74, 6) is -1.66. The Hall–Kier alpha value is -3.50. The highest BCUT2D eigenvalue weighted by molar-refractivity contribution is 7.80. The lowest BCUT2D eigenvalue weighted by Gasteiger charge is -2.29. The van der Waals surface area contributed by atoms with Crippen molar-refractivity contribution in [3.8, 4) is 0 Å².